The molecule has 0 spiro atoms. The topological polar surface area (TPSA) is 88.4 Å². The van der Waals surface area contributed by atoms with E-state index in [1.807, 2.05) is 48.5 Å². The van der Waals surface area contributed by atoms with Crippen molar-refractivity contribution < 1.29 is 23.7 Å². The Morgan fingerprint density at radius 3 is 2.57 bits per heavy atom. The van der Waals surface area contributed by atoms with Gasteiger partial charge in [0.15, 0.2) is 16.3 Å². The molecule has 1 aliphatic heterocycles. The van der Waals surface area contributed by atoms with Gasteiger partial charge in [-0.1, -0.05) is 59.3 Å². The van der Waals surface area contributed by atoms with Crippen molar-refractivity contribution in [3.05, 3.63) is 119 Å². The molecule has 0 saturated carbocycles. The van der Waals surface area contributed by atoms with Crippen molar-refractivity contribution in [2.75, 3.05) is 20.8 Å². The second kappa shape index (κ2) is 12.7. The molecule has 4 aromatic rings. The Morgan fingerprint density at radius 1 is 1.05 bits per heavy atom. The van der Waals surface area contributed by atoms with Crippen molar-refractivity contribution in [1.29, 1.82) is 0 Å². The molecule has 0 unspecified atom stereocenters. The number of rotatable bonds is 9. The molecule has 1 aliphatic rings. The Kier molecular flexibility index (Phi) is 8.80. The Bertz CT molecular complexity index is 1860. The van der Waals surface area contributed by atoms with Gasteiger partial charge in [-0.05, 0) is 61.4 Å². The Labute approximate surface area is 251 Å². The second-order valence-electron chi connectivity index (χ2n) is 9.37. The zero-order valence-electron chi connectivity index (χ0n) is 23.5. The summed E-state index contributed by atoms with van der Waals surface area (Å²) in [6.45, 7) is 3.98. The number of benzene rings is 3. The lowest BCUT2D eigenvalue weighted by Gasteiger charge is -2.25. The molecule has 0 amide bonds. The molecule has 5 rings (SSSR count). The molecular formula is C32H29ClN2O6S. The van der Waals surface area contributed by atoms with Gasteiger partial charge in [-0.2, -0.15) is 0 Å². The van der Waals surface area contributed by atoms with Crippen LogP contribution in [0.5, 0.6) is 17.2 Å². The minimum atomic E-state index is -0.771. The summed E-state index contributed by atoms with van der Waals surface area (Å²) in [5.41, 5.74) is 2.80. The summed E-state index contributed by atoms with van der Waals surface area (Å²) in [6.07, 6.45) is 1.79. The molecule has 2 heterocycles. The monoisotopic (exact) mass is 604 g/mol. The van der Waals surface area contributed by atoms with Gasteiger partial charge in [0, 0.05) is 10.6 Å². The van der Waals surface area contributed by atoms with E-state index in [2.05, 4.69) is 4.99 Å². The largest absolute Gasteiger partial charge is 0.493 e. The number of nitrogens with zero attached hydrogens (tertiary/aromatic N) is 2. The van der Waals surface area contributed by atoms with E-state index in [9.17, 15) is 9.59 Å². The molecule has 42 heavy (non-hydrogen) atoms. The predicted molar refractivity (Wildman–Crippen MR) is 162 cm³/mol. The van der Waals surface area contributed by atoms with Crippen LogP contribution in [0.2, 0.25) is 5.02 Å². The average molecular weight is 605 g/mol. The van der Waals surface area contributed by atoms with Crippen LogP contribution in [-0.2, 0) is 16.1 Å². The van der Waals surface area contributed by atoms with Crippen molar-refractivity contribution >= 4 is 35.0 Å². The van der Waals surface area contributed by atoms with Crippen LogP contribution in [0.3, 0.4) is 0 Å². The summed E-state index contributed by atoms with van der Waals surface area (Å²) in [5, 5.41) is 0.635. The van der Waals surface area contributed by atoms with Crippen molar-refractivity contribution in [1.82, 2.24) is 4.57 Å². The van der Waals surface area contributed by atoms with E-state index < -0.39 is 12.0 Å². The van der Waals surface area contributed by atoms with Crippen LogP contribution in [0.15, 0.2) is 87.8 Å². The van der Waals surface area contributed by atoms with Gasteiger partial charge in [0.2, 0.25) is 0 Å². The smallest absolute Gasteiger partial charge is 0.338 e. The van der Waals surface area contributed by atoms with Crippen LogP contribution < -0.4 is 29.1 Å². The summed E-state index contributed by atoms with van der Waals surface area (Å²) in [5.74, 6) is 1.11. The fourth-order valence-electron chi connectivity index (χ4n) is 4.75. The molecule has 0 fully saturated rings. The van der Waals surface area contributed by atoms with Gasteiger partial charge in [0.1, 0.15) is 12.4 Å². The number of fused-ring (bicyclic) bond motifs is 1. The van der Waals surface area contributed by atoms with E-state index in [4.69, 9.17) is 30.5 Å². The number of hydrogen-bond donors (Lipinski definition) is 0. The minimum Gasteiger partial charge on any atom is -0.493 e. The molecule has 3 aromatic carbocycles. The molecule has 1 aromatic heterocycles. The third-order valence-electron chi connectivity index (χ3n) is 6.75. The van der Waals surface area contributed by atoms with Gasteiger partial charge in [0.25, 0.3) is 5.56 Å². The van der Waals surface area contributed by atoms with E-state index in [1.54, 1.807) is 45.2 Å². The number of allylic oxidation sites excluding steroid dienone is 1. The molecule has 0 aliphatic carbocycles. The first-order chi connectivity index (χ1) is 20.3. The first-order valence-corrected chi connectivity index (χ1v) is 14.4. The second-order valence-corrected chi connectivity index (χ2v) is 10.8. The molecule has 1 atom stereocenters. The van der Waals surface area contributed by atoms with E-state index in [-0.39, 0.29) is 17.7 Å². The average Bonchev–Trinajstić information content (AvgIpc) is 3.29. The fraction of sp³-hybridized carbons (Fsp3) is 0.219. The van der Waals surface area contributed by atoms with Gasteiger partial charge >= 0.3 is 5.97 Å². The Balaban J connectivity index is 1.58. The number of hydrogen-bond acceptors (Lipinski definition) is 8. The highest BCUT2D eigenvalue weighted by molar-refractivity contribution is 7.07. The lowest BCUT2D eigenvalue weighted by Crippen LogP contribution is -2.39. The molecule has 0 saturated heterocycles. The van der Waals surface area contributed by atoms with Crippen LogP contribution in [-0.4, -0.2) is 31.4 Å². The number of ether oxygens (including phenoxy) is 4. The number of esters is 1. The summed E-state index contributed by atoms with van der Waals surface area (Å²) in [7, 11) is 3.08. The van der Waals surface area contributed by atoms with Gasteiger partial charge in [-0.15, -0.1) is 0 Å². The summed E-state index contributed by atoms with van der Waals surface area (Å²) in [4.78, 5) is 32.2. The molecule has 216 valence electrons. The summed E-state index contributed by atoms with van der Waals surface area (Å²) in [6, 6.07) is 19.5. The van der Waals surface area contributed by atoms with Gasteiger partial charge in [-0.25, -0.2) is 9.79 Å². The van der Waals surface area contributed by atoms with Crippen molar-refractivity contribution in [2.24, 2.45) is 4.99 Å². The van der Waals surface area contributed by atoms with E-state index in [0.717, 1.165) is 11.1 Å². The zero-order chi connectivity index (χ0) is 29.8. The first kappa shape index (κ1) is 29.2. The number of carbonyl (C=O) groups is 1. The van der Waals surface area contributed by atoms with Gasteiger partial charge in [0.05, 0.1) is 42.7 Å². The van der Waals surface area contributed by atoms with Crippen LogP contribution in [0.25, 0.3) is 6.08 Å². The lowest BCUT2D eigenvalue weighted by molar-refractivity contribution is -0.139. The first-order valence-electron chi connectivity index (χ1n) is 13.2. The number of thiazole rings is 1. The number of halogens is 1. The maximum atomic E-state index is 14.0. The Morgan fingerprint density at radius 2 is 1.83 bits per heavy atom. The Hall–Kier alpha value is -4.34. The molecule has 10 heteroatoms. The van der Waals surface area contributed by atoms with Crippen LogP contribution in [0.4, 0.5) is 0 Å². The normalized spacial score (nSPS) is 14.7. The van der Waals surface area contributed by atoms with Crippen LogP contribution in [0, 0.1) is 0 Å². The minimum absolute atomic E-state index is 0.188. The maximum Gasteiger partial charge on any atom is 0.338 e. The number of aromatic nitrogens is 1. The highest BCUT2D eigenvalue weighted by Gasteiger charge is 2.34. The van der Waals surface area contributed by atoms with Crippen molar-refractivity contribution in [3.63, 3.8) is 0 Å². The molecular weight excluding hydrogens is 576 g/mol. The fourth-order valence-corrected chi connectivity index (χ4v) is 5.99. The van der Waals surface area contributed by atoms with Crippen molar-refractivity contribution in [2.45, 2.75) is 26.5 Å². The van der Waals surface area contributed by atoms with Gasteiger partial charge in [-0.3, -0.25) is 9.36 Å². The van der Waals surface area contributed by atoms with E-state index in [1.165, 1.54) is 23.0 Å². The van der Waals surface area contributed by atoms with E-state index in [0.29, 0.717) is 49.5 Å². The number of carbonyl (C=O) groups excluding carboxylic acids is 1. The van der Waals surface area contributed by atoms with E-state index >= 15 is 0 Å². The third kappa shape index (κ3) is 5.84. The third-order valence-corrected chi connectivity index (χ3v) is 8.10. The molecule has 0 radical (unpaired) electrons. The number of methoxy groups -OCH3 is 2. The zero-order valence-corrected chi connectivity index (χ0v) is 25.1. The highest BCUT2D eigenvalue weighted by Crippen LogP contribution is 2.36. The molecule has 0 N–H and O–H groups in total. The SMILES string of the molecule is CCOC(=O)C1=C(C)N=c2s/c(=C\c3cccc(OCc4ccccc4Cl)c3)c(=O)n2[C@H]1c1ccc(OC)c(OC)c1. The summed E-state index contributed by atoms with van der Waals surface area (Å²) >= 11 is 7.51. The van der Waals surface area contributed by atoms with Crippen LogP contribution in [0.1, 0.15) is 36.6 Å². The standard InChI is InChI=1S/C32H29ClN2O6S/c1-5-40-31(37)28-19(2)34-32-35(29(28)21-13-14-25(38-3)26(17-21)39-4)30(36)27(42-32)16-20-9-8-11-23(15-20)41-18-22-10-6-7-12-24(22)33/h6-17,29H,5,18H2,1-4H3/b27-16-/t29-/m0/s1. The molecule has 0 bridgehead atoms. The maximum absolute atomic E-state index is 14.0. The molecule has 8 nitrogen and oxygen atoms in total. The van der Waals surface area contributed by atoms with Crippen molar-refractivity contribution in [3.8, 4) is 17.2 Å². The van der Waals surface area contributed by atoms with Crippen LogP contribution >= 0.6 is 22.9 Å². The highest BCUT2D eigenvalue weighted by atomic mass is 35.5. The lowest BCUT2D eigenvalue weighted by atomic mass is 9.95. The predicted octanol–water partition coefficient (Wildman–Crippen LogP) is 5.05. The quantitative estimate of drug-likeness (QED) is 0.249. The van der Waals surface area contributed by atoms with Gasteiger partial charge < -0.3 is 18.9 Å². The summed E-state index contributed by atoms with van der Waals surface area (Å²) < 4.78 is 24.3.